The Balaban J connectivity index is 1.74. The quantitative estimate of drug-likeness (QED) is 0.625. The maximum Gasteiger partial charge on any atom is 0.274 e. The molecular weight excluding hydrogens is 423 g/mol. The lowest BCUT2D eigenvalue weighted by Crippen LogP contribution is -2.50. The normalized spacial score (nSPS) is 23.4. The molecule has 1 saturated heterocycles. The van der Waals surface area contributed by atoms with Crippen molar-refractivity contribution in [2.24, 2.45) is 17.8 Å². The van der Waals surface area contributed by atoms with E-state index in [1.54, 1.807) is 48.5 Å². The average Bonchev–Trinajstić information content (AvgIpc) is 2.97. The molecule has 7 heteroatoms. The Hall–Kier alpha value is -2.37. The monoisotopic (exact) mass is 444 g/mol. The number of imide groups is 1. The molecule has 2 aromatic rings. The van der Waals surface area contributed by atoms with E-state index in [4.69, 9.17) is 23.2 Å². The fourth-order valence-electron chi connectivity index (χ4n) is 4.41. The minimum absolute atomic E-state index is 0.00377. The van der Waals surface area contributed by atoms with Gasteiger partial charge in [0, 0.05) is 5.02 Å². The number of carbonyl (C=O) groups is 3. The summed E-state index contributed by atoms with van der Waals surface area (Å²) < 4.78 is 0. The lowest BCUT2D eigenvalue weighted by atomic mass is 9.76. The van der Waals surface area contributed by atoms with Crippen molar-refractivity contribution in [3.8, 4) is 0 Å². The van der Waals surface area contributed by atoms with Crippen molar-refractivity contribution in [1.82, 2.24) is 10.0 Å². The van der Waals surface area contributed by atoms with E-state index in [2.05, 4.69) is 6.92 Å². The predicted octanol–water partition coefficient (Wildman–Crippen LogP) is 4.97. The van der Waals surface area contributed by atoms with Gasteiger partial charge in [-0.15, -0.1) is 0 Å². The minimum Gasteiger partial charge on any atom is -0.272 e. The van der Waals surface area contributed by atoms with Crippen molar-refractivity contribution in [2.75, 3.05) is 0 Å². The summed E-state index contributed by atoms with van der Waals surface area (Å²) in [7, 11) is 0. The molecule has 1 aliphatic heterocycles. The molecule has 4 rings (SSSR count). The summed E-state index contributed by atoms with van der Waals surface area (Å²) in [5.41, 5.74) is 0.874. The molecule has 0 spiro atoms. The number of halogens is 2. The summed E-state index contributed by atoms with van der Waals surface area (Å²) >= 11 is 12.6. The van der Waals surface area contributed by atoms with Crippen molar-refractivity contribution in [3.63, 3.8) is 0 Å². The van der Waals surface area contributed by atoms with Crippen LogP contribution in [0.25, 0.3) is 0 Å². The molecule has 30 heavy (non-hydrogen) atoms. The van der Waals surface area contributed by atoms with Gasteiger partial charge in [-0.25, -0.2) is 5.01 Å². The van der Waals surface area contributed by atoms with E-state index in [0.717, 1.165) is 11.4 Å². The first-order valence-electron chi connectivity index (χ1n) is 10.1. The topological polar surface area (TPSA) is 57.7 Å². The van der Waals surface area contributed by atoms with Crippen LogP contribution in [0.4, 0.5) is 0 Å². The van der Waals surface area contributed by atoms with Crippen molar-refractivity contribution >= 4 is 40.9 Å². The van der Waals surface area contributed by atoms with Gasteiger partial charge in [0.05, 0.1) is 29.0 Å². The van der Waals surface area contributed by atoms with Crippen molar-refractivity contribution in [2.45, 2.75) is 32.7 Å². The number of carbonyl (C=O) groups excluding carboxylic acids is 3. The molecule has 3 amide bonds. The molecule has 2 aromatic carbocycles. The first kappa shape index (κ1) is 20.9. The highest BCUT2D eigenvalue weighted by Crippen LogP contribution is 2.41. The molecule has 2 fully saturated rings. The van der Waals surface area contributed by atoms with Crippen LogP contribution in [0.1, 0.15) is 42.1 Å². The third-order valence-electron chi connectivity index (χ3n) is 6.02. The van der Waals surface area contributed by atoms with Gasteiger partial charge in [-0.1, -0.05) is 60.5 Å². The van der Waals surface area contributed by atoms with E-state index in [0.29, 0.717) is 29.3 Å². The standard InChI is InChI=1S/C23H22Cl2N2O3/c1-14-10-11-16-18(12-14)23(30)27(22(16)29)26(13-15-6-2-4-8-19(15)24)21(28)17-7-3-5-9-20(17)25/h2-9,14,16,18H,10-13H2,1H3/t14-,16+,18+/m1/s1. The second kappa shape index (κ2) is 8.40. The molecule has 0 N–H and O–H groups in total. The van der Waals surface area contributed by atoms with Gasteiger partial charge in [-0.2, -0.15) is 5.01 Å². The van der Waals surface area contributed by atoms with E-state index in [1.807, 2.05) is 0 Å². The van der Waals surface area contributed by atoms with Gasteiger partial charge in [-0.05, 0) is 48.9 Å². The highest BCUT2D eigenvalue weighted by molar-refractivity contribution is 6.34. The molecule has 0 radical (unpaired) electrons. The summed E-state index contributed by atoms with van der Waals surface area (Å²) in [6.07, 6.45) is 2.22. The van der Waals surface area contributed by atoms with Crippen LogP contribution in [0.3, 0.4) is 0 Å². The second-order valence-electron chi connectivity index (χ2n) is 8.05. The van der Waals surface area contributed by atoms with Crippen molar-refractivity contribution in [1.29, 1.82) is 0 Å². The predicted molar refractivity (Wildman–Crippen MR) is 115 cm³/mol. The van der Waals surface area contributed by atoms with E-state index in [-0.39, 0.29) is 40.8 Å². The Morgan fingerprint density at radius 2 is 1.60 bits per heavy atom. The Labute approximate surface area is 185 Å². The highest BCUT2D eigenvalue weighted by atomic mass is 35.5. The van der Waals surface area contributed by atoms with Crippen LogP contribution < -0.4 is 0 Å². The number of amides is 3. The summed E-state index contributed by atoms with van der Waals surface area (Å²) in [5.74, 6) is -1.52. The molecular formula is C23H22Cl2N2O3. The van der Waals surface area contributed by atoms with Crippen molar-refractivity contribution < 1.29 is 14.4 Å². The summed E-state index contributed by atoms with van der Waals surface area (Å²) in [6, 6.07) is 13.7. The van der Waals surface area contributed by atoms with E-state index < -0.39 is 5.91 Å². The maximum absolute atomic E-state index is 13.5. The number of benzene rings is 2. The zero-order chi connectivity index (χ0) is 21.4. The summed E-state index contributed by atoms with van der Waals surface area (Å²) in [6.45, 7) is 2.09. The fourth-order valence-corrected chi connectivity index (χ4v) is 4.82. The number of hydrogen-bond donors (Lipinski definition) is 0. The lowest BCUT2D eigenvalue weighted by molar-refractivity contribution is -0.155. The molecule has 2 aliphatic rings. The van der Waals surface area contributed by atoms with Crippen LogP contribution in [0.5, 0.6) is 0 Å². The molecule has 1 aliphatic carbocycles. The molecule has 5 nitrogen and oxygen atoms in total. The number of hydrazine groups is 1. The van der Waals surface area contributed by atoms with Crippen molar-refractivity contribution in [3.05, 3.63) is 69.7 Å². The number of nitrogens with zero attached hydrogens (tertiary/aromatic N) is 2. The zero-order valence-electron chi connectivity index (χ0n) is 16.6. The molecule has 1 saturated carbocycles. The van der Waals surface area contributed by atoms with Gasteiger partial charge in [0.25, 0.3) is 17.7 Å². The molecule has 1 heterocycles. The zero-order valence-corrected chi connectivity index (χ0v) is 18.1. The van der Waals surface area contributed by atoms with Crippen LogP contribution in [0.2, 0.25) is 10.0 Å². The highest BCUT2D eigenvalue weighted by Gasteiger charge is 2.52. The van der Waals surface area contributed by atoms with Crippen LogP contribution in [-0.2, 0) is 16.1 Å². The van der Waals surface area contributed by atoms with Gasteiger partial charge >= 0.3 is 0 Å². The molecule has 0 aromatic heterocycles. The maximum atomic E-state index is 13.5. The van der Waals surface area contributed by atoms with Crippen LogP contribution >= 0.6 is 23.2 Å². The fraction of sp³-hybridized carbons (Fsp3) is 0.348. The third-order valence-corrected chi connectivity index (χ3v) is 6.72. The number of rotatable bonds is 4. The van der Waals surface area contributed by atoms with Gasteiger partial charge < -0.3 is 0 Å². The van der Waals surface area contributed by atoms with Crippen LogP contribution in [0, 0.1) is 17.8 Å². The van der Waals surface area contributed by atoms with Gasteiger partial charge in [0.1, 0.15) is 0 Å². The Morgan fingerprint density at radius 1 is 0.967 bits per heavy atom. The van der Waals surface area contributed by atoms with Gasteiger partial charge in [0.15, 0.2) is 0 Å². The SMILES string of the molecule is C[C@@H]1CC[C@@H]2C(=O)N(N(Cc3ccccc3Cl)C(=O)c3ccccc3Cl)C(=O)[C@H]2C1. The van der Waals surface area contributed by atoms with E-state index in [9.17, 15) is 14.4 Å². The second-order valence-corrected chi connectivity index (χ2v) is 8.87. The first-order valence-corrected chi connectivity index (χ1v) is 10.8. The Kier molecular flexibility index (Phi) is 5.85. The molecule has 156 valence electrons. The smallest absolute Gasteiger partial charge is 0.272 e. The van der Waals surface area contributed by atoms with Gasteiger partial charge in [0.2, 0.25) is 0 Å². The van der Waals surface area contributed by atoms with Gasteiger partial charge in [-0.3, -0.25) is 14.4 Å². The first-order chi connectivity index (χ1) is 14.4. The Bertz CT molecular complexity index is 1010. The summed E-state index contributed by atoms with van der Waals surface area (Å²) in [5, 5.41) is 2.97. The van der Waals surface area contributed by atoms with Crippen LogP contribution in [0.15, 0.2) is 48.5 Å². The van der Waals surface area contributed by atoms with E-state index in [1.165, 1.54) is 5.01 Å². The van der Waals surface area contributed by atoms with E-state index >= 15 is 0 Å². The lowest BCUT2D eigenvalue weighted by Gasteiger charge is -2.31. The molecule has 0 bridgehead atoms. The largest absolute Gasteiger partial charge is 0.274 e. The minimum atomic E-state index is -0.506. The number of hydrogen-bond acceptors (Lipinski definition) is 3. The average molecular weight is 445 g/mol. The Morgan fingerprint density at radius 3 is 2.30 bits per heavy atom. The third kappa shape index (κ3) is 3.72. The number of fused-ring (bicyclic) bond motifs is 1. The van der Waals surface area contributed by atoms with Crippen LogP contribution in [-0.4, -0.2) is 27.7 Å². The molecule has 3 atom stereocenters. The molecule has 0 unspecified atom stereocenters. The summed E-state index contributed by atoms with van der Waals surface area (Å²) in [4.78, 5) is 40.0.